The van der Waals surface area contributed by atoms with Crippen LogP contribution in [0, 0.1) is 0 Å². The Labute approximate surface area is 135 Å². The van der Waals surface area contributed by atoms with Crippen LogP contribution in [0.1, 0.15) is 25.2 Å². The van der Waals surface area contributed by atoms with Gasteiger partial charge in [-0.1, -0.05) is 30.3 Å². The normalized spacial score (nSPS) is 12.6. The second-order valence-corrected chi connectivity index (χ2v) is 5.41. The first-order valence-electron chi connectivity index (χ1n) is 7.56. The molecule has 0 aliphatic rings. The van der Waals surface area contributed by atoms with E-state index < -0.39 is 0 Å². The summed E-state index contributed by atoms with van der Waals surface area (Å²) in [5.41, 5.74) is 4.56. The zero-order valence-corrected chi connectivity index (χ0v) is 13.3. The molecule has 0 spiro atoms. The molecule has 0 saturated heterocycles. The van der Waals surface area contributed by atoms with Crippen LogP contribution in [0.2, 0.25) is 0 Å². The van der Waals surface area contributed by atoms with Crippen LogP contribution >= 0.6 is 0 Å². The summed E-state index contributed by atoms with van der Waals surface area (Å²) < 4.78 is 0. The molecule has 0 unspecified atom stereocenters. The molecule has 0 N–H and O–H groups in total. The van der Waals surface area contributed by atoms with Crippen molar-refractivity contribution >= 4 is 22.3 Å². The molecule has 0 fully saturated rings. The highest BCUT2D eigenvalue weighted by atomic mass is 15.2. The van der Waals surface area contributed by atoms with Gasteiger partial charge in [-0.15, -0.1) is 0 Å². The first-order valence-corrected chi connectivity index (χ1v) is 7.56. The van der Waals surface area contributed by atoms with E-state index in [0.29, 0.717) is 6.42 Å². The van der Waals surface area contributed by atoms with Crippen molar-refractivity contribution in [2.45, 2.75) is 20.3 Å². The van der Waals surface area contributed by atoms with Crippen LogP contribution in [-0.2, 0) is 6.42 Å². The van der Waals surface area contributed by atoms with Gasteiger partial charge in [0.15, 0.2) is 0 Å². The Bertz CT molecular complexity index is 867. The average Bonchev–Trinajstić information content (AvgIpc) is 2.60. The molecule has 2 heterocycles. The molecule has 3 aromatic rings. The van der Waals surface area contributed by atoms with E-state index in [-0.39, 0.29) is 0 Å². The third kappa shape index (κ3) is 3.86. The van der Waals surface area contributed by atoms with Gasteiger partial charge in [-0.25, -0.2) is 0 Å². The third-order valence-electron chi connectivity index (χ3n) is 3.50. The van der Waals surface area contributed by atoms with E-state index in [0.717, 1.165) is 33.7 Å². The minimum Gasteiger partial charge on any atom is -0.255 e. The summed E-state index contributed by atoms with van der Waals surface area (Å²) in [5.74, 6) is 0. The molecule has 3 rings (SSSR count). The summed E-state index contributed by atoms with van der Waals surface area (Å²) in [6.45, 7) is 3.87. The van der Waals surface area contributed by atoms with E-state index in [4.69, 9.17) is 0 Å². The Balaban J connectivity index is 1.76. The van der Waals surface area contributed by atoms with Gasteiger partial charge in [-0.3, -0.25) is 9.97 Å². The van der Waals surface area contributed by atoms with Crippen LogP contribution in [0.3, 0.4) is 0 Å². The predicted molar refractivity (Wildman–Crippen MR) is 95.0 cm³/mol. The van der Waals surface area contributed by atoms with Gasteiger partial charge in [-0.05, 0) is 38.1 Å². The number of hydrogen-bond acceptors (Lipinski definition) is 4. The van der Waals surface area contributed by atoms with Crippen molar-refractivity contribution in [2.24, 2.45) is 10.2 Å². The summed E-state index contributed by atoms with van der Waals surface area (Å²) >= 11 is 0. The maximum atomic E-state index is 4.66. The highest BCUT2D eigenvalue weighted by Gasteiger charge is 2.01. The molecule has 0 atom stereocenters. The molecular weight excluding hydrogens is 284 g/mol. The number of pyridine rings is 2. The second kappa shape index (κ2) is 6.92. The molecule has 1 aromatic carbocycles. The number of hydrogen-bond donors (Lipinski definition) is 0. The lowest BCUT2D eigenvalue weighted by Gasteiger charge is -2.02. The SMILES string of the molecule is CC(Cc1ccc2ccccc2n1)=NN=C(C)c1ccccn1. The van der Waals surface area contributed by atoms with Gasteiger partial charge in [0.05, 0.1) is 16.9 Å². The summed E-state index contributed by atoms with van der Waals surface area (Å²) in [5, 5.41) is 9.72. The molecule has 4 nitrogen and oxygen atoms in total. The number of benzene rings is 1. The van der Waals surface area contributed by atoms with E-state index in [9.17, 15) is 0 Å². The Hall–Kier alpha value is -2.88. The van der Waals surface area contributed by atoms with Gasteiger partial charge in [0.1, 0.15) is 0 Å². The largest absolute Gasteiger partial charge is 0.255 e. The van der Waals surface area contributed by atoms with Crippen molar-refractivity contribution in [1.82, 2.24) is 9.97 Å². The lowest BCUT2D eigenvalue weighted by atomic mass is 10.1. The van der Waals surface area contributed by atoms with Gasteiger partial charge < -0.3 is 0 Å². The maximum absolute atomic E-state index is 4.66. The Morgan fingerprint density at radius 3 is 2.57 bits per heavy atom. The average molecular weight is 302 g/mol. The van der Waals surface area contributed by atoms with Crippen molar-refractivity contribution in [3.8, 4) is 0 Å². The molecule has 23 heavy (non-hydrogen) atoms. The molecule has 4 heteroatoms. The number of aromatic nitrogens is 2. The number of rotatable bonds is 4. The third-order valence-corrected chi connectivity index (χ3v) is 3.50. The minimum absolute atomic E-state index is 0.684. The summed E-state index contributed by atoms with van der Waals surface area (Å²) in [6.07, 6.45) is 2.44. The van der Waals surface area contributed by atoms with Crippen LogP contribution in [-0.4, -0.2) is 21.4 Å². The molecule has 0 aliphatic carbocycles. The summed E-state index contributed by atoms with van der Waals surface area (Å²) in [4.78, 5) is 8.92. The fraction of sp³-hybridized carbons (Fsp3) is 0.158. The minimum atomic E-state index is 0.684. The van der Waals surface area contributed by atoms with Gasteiger partial charge in [0.2, 0.25) is 0 Å². The summed E-state index contributed by atoms with van der Waals surface area (Å²) in [6, 6.07) is 18.0. The van der Waals surface area contributed by atoms with E-state index >= 15 is 0 Å². The fourth-order valence-electron chi connectivity index (χ4n) is 2.29. The quantitative estimate of drug-likeness (QED) is 0.539. The van der Waals surface area contributed by atoms with E-state index in [1.54, 1.807) is 6.20 Å². The standard InChI is InChI=1S/C19H18N4/c1-14(22-23-15(2)18-8-5-6-12-20-18)13-17-11-10-16-7-3-4-9-19(16)21-17/h3-12H,13H2,1-2H3. The van der Waals surface area contributed by atoms with Crippen molar-refractivity contribution in [2.75, 3.05) is 0 Å². The molecule has 0 aliphatic heterocycles. The Kier molecular flexibility index (Phi) is 4.52. The predicted octanol–water partition coefficient (Wildman–Crippen LogP) is 4.06. The van der Waals surface area contributed by atoms with Crippen molar-refractivity contribution in [3.05, 3.63) is 72.2 Å². The lowest BCUT2D eigenvalue weighted by molar-refractivity contribution is 1.12. The van der Waals surface area contributed by atoms with Gasteiger partial charge >= 0.3 is 0 Å². The highest BCUT2D eigenvalue weighted by Crippen LogP contribution is 2.12. The molecular formula is C19H18N4. The molecule has 2 aromatic heterocycles. The van der Waals surface area contributed by atoms with Crippen LogP contribution in [0.5, 0.6) is 0 Å². The van der Waals surface area contributed by atoms with Crippen LogP contribution in [0.4, 0.5) is 0 Å². The molecule has 0 saturated carbocycles. The number of nitrogens with zero attached hydrogens (tertiary/aromatic N) is 4. The first kappa shape index (κ1) is 15.0. The van der Waals surface area contributed by atoms with E-state index in [1.807, 2.05) is 56.3 Å². The second-order valence-electron chi connectivity index (χ2n) is 5.41. The number of fused-ring (bicyclic) bond motifs is 1. The lowest BCUT2D eigenvalue weighted by Crippen LogP contribution is -2.01. The zero-order chi connectivity index (χ0) is 16.1. The van der Waals surface area contributed by atoms with Crippen molar-refractivity contribution in [1.29, 1.82) is 0 Å². The van der Waals surface area contributed by atoms with Crippen LogP contribution < -0.4 is 0 Å². The Morgan fingerprint density at radius 2 is 1.74 bits per heavy atom. The van der Waals surface area contributed by atoms with Gasteiger partial charge in [0, 0.05) is 29.4 Å². The van der Waals surface area contributed by atoms with Crippen LogP contribution in [0.25, 0.3) is 10.9 Å². The monoisotopic (exact) mass is 302 g/mol. The number of para-hydroxylation sites is 1. The topological polar surface area (TPSA) is 50.5 Å². The van der Waals surface area contributed by atoms with E-state index in [2.05, 4.69) is 32.3 Å². The molecule has 0 radical (unpaired) electrons. The highest BCUT2D eigenvalue weighted by molar-refractivity contribution is 5.97. The molecule has 0 amide bonds. The van der Waals surface area contributed by atoms with E-state index in [1.165, 1.54) is 0 Å². The summed E-state index contributed by atoms with van der Waals surface area (Å²) in [7, 11) is 0. The molecule has 0 bridgehead atoms. The van der Waals surface area contributed by atoms with Crippen molar-refractivity contribution < 1.29 is 0 Å². The van der Waals surface area contributed by atoms with Crippen LogP contribution in [0.15, 0.2) is 71.0 Å². The first-order chi connectivity index (χ1) is 11.2. The maximum Gasteiger partial charge on any atom is 0.0860 e. The fourth-order valence-corrected chi connectivity index (χ4v) is 2.29. The Morgan fingerprint density at radius 1 is 0.913 bits per heavy atom. The molecule has 114 valence electrons. The zero-order valence-electron chi connectivity index (χ0n) is 13.3. The van der Waals surface area contributed by atoms with Gasteiger partial charge in [-0.2, -0.15) is 10.2 Å². The van der Waals surface area contributed by atoms with Crippen molar-refractivity contribution in [3.63, 3.8) is 0 Å². The van der Waals surface area contributed by atoms with Gasteiger partial charge in [0.25, 0.3) is 0 Å². The smallest absolute Gasteiger partial charge is 0.0860 e.